The van der Waals surface area contributed by atoms with Crippen molar-refractivity contribution in [1.29, 1.82) is 0 Å². The number of amides is 1. The van der Waals surface area contributed by atoms with E-state index in [4.69, 9.17) is 5.73 Å². The molecule has 0 saturated heterocycles. The van der Waals surface area contributed by atoms with E-state index in [1.807, 2.05) is 25.1 Å². The summed E-state index contributed by atoms with van der Waals surface area (Å²) in [7, 11) is 0. The van der Waals surface area contributed by atoms with Gasteiger partial charge in [0.25, 0.3) is 0 Å². The van der Waals surface area contributed by atoms with E-state index in [-0.39, 0.29) is 5.91 Å². The first-order valence-electron chi connectivity index (χ1n) is 5.94. The molecule has 3 N–H and O–H groups in total. The molecule has 0 saturated carbocycles. The highest BCUT2D eigenvalue weighted by atomic mass is 79.9. The second kappa shape index (κ2) is 6.76. The summed E-state index contributed by atoms with van der Waals surface area (Å²) >= 11 is 4.79. The van der Waals surface area contributed by atoms with Gasteiger partial charge in [-0.15, -0.1) is 11.8 Å². The molecule has 0 spiro atoms. The van der Waals surface area contributed by atoms with Crippen LogP contribution in [-0.4, -0.2) is 16.6 Å². The van der Waals surface area contributed by atoms with Gasteiger partial charge in [0.15, 0.2) is 0 Å². The number of hydrogen-bond acceptors (Lipinski definition) is 4. The van der Waals surface area contributed by atoms with Crippen LogP contribution >= 0.6 is 27.7 Å². The van der Waals surface area contributed by atoms with Crippen molar-refractivity contribution >= 4 is 45.0 Å². The number of thioether (sulfide) groups is 1. The molecule has 4 nitrogen and oxygen atoms in total. The molecule has 0 unspecified atom stereocenters. The highest BCUT2D eigenvalue weighted by Crippen LogP contribution is 2.24. The number of anilines is 2. The number of aromatic nitrogens is 1. The lowest BCUT2D eigenvalue weighted by Crippen LogP contribution is -2.14. The fraction of sp³-hybridized carbons (Fsp3) is 0.143. The Labute approximate surface area is 130 Å². The Kier molecular flexibility index (Phi) is 5.03. The average Bonchev–Trinajstić information content (AvgIpc) is 2.41. The summed E-state index contributed by atoms with van der Waals surface area (Å²) in [6.45, 7) is 1.95. The largest absolute Gasteiger partial charge is 0.397 e. The van der Waals surface area contributed by atoms with Crippen molar-refractivity contribution < 1.29 is 4.79 Å². The van der Waals surface area contributed by atoms with Crippen LogP contribution in [0.4, 0.5) is 11.4 Å². The van der Waals surface area contributed by atoms with Crippen LogP contribution in [0.15, 0.2) is 46.0 Å². The smallest absolute Gasteiger partial charge is 0.234 e. The molecule has 1 aromatic carbocycles. The quantitative estimate of drug-likeness (QED) is 0.827. The Bertz CT molecular complexity index is 634. The first-order valence-corrected chi connectivity index (χ1v) is 7.72. The minimum Gasteiger partial charge on any atom is -0.397 e. The third-order valence-electron chi connectivity index (χ3n) is 2.63. The number of rotatable bonds is 4. The van der Waals surface area contributed by atoms with Crippen molar-refractivity contribution in [3.8, 4) is 0 Å². The van der Waals surface area contributed by atoms with Gasteiger partial charge in [-0.05, 0) is 36.8 Å². The Morgan fingerprint density at radius 3 is 2.95 bits per heavy atom. The van der Waals surface area contributed by atoms with Crippen LogP contribution in [0.3, 0.4) is 0 Å². The van der Waals surface area contributed by atoms with Crippen LogP contribution < -0.4 is 11.1 Å². The summed E-state index contributed by atoms with van der Waals surface area (Å²) in [5.41, 5.74) is 8.20. The van der Waals surface area contributed by atoms with E-state index >= 15 is 0 Å². The number of halogens is 1. The van der Waals surface area contributed by atoms with Crippen LogP contribution in [0.1, 0.15) is 5.56 Å². The highest BCUT2D eigenvalue weighted by Gasteiger charge is 2.07. The molecule has 0 aliphatic rings. The van der Waals surface area contributed by atoms with Gasteiger partial charge in [0.1, 0.15) is 0 Å². The van der Waals surface area contributed by atoms with Gasteiger partial charge in [-0.3, -0.25) is 9.78 Å². The number of pyridine rings is 1. The normalized spacial score (nSPS) is 10.3. The van der Waals surface area contributed by atoms with E-state index in [0.717, 1.165) is 20.6 Å². The highest BCUT2D eigenvalue weighted by molar-refractivity contribution is 9.10. The second-order valence-corrected chi connectivity index (χ2v) is 6.14. The number of carbonyl (C=O) groups excluding carboxylic acids is 1. The number of hydrogen-bond donors (Lipinski definition) is 2. The summed E-state index contributed by atoms with van der Waals surface area (Å²) < 4.78 is 0.993. The number of benzene rings is 1. The van der Waals surface area contributed by atoms with E-state index in [1.165, 1.54) is 11.8 Å². The molecular weight excluding hydrogens is 338 g/mol. The second-order valence-electron chi connectivity index (χ2n) is 4.21. The lowest BCUT2D eigenvalue weighted by molar-refractivity contribution is -0.113. The fourth-order valence-corrected chi connectivity index (χ4v) is 2.83. The molecular formula is C14H14BrN3OS. The molecule has 6 heteroatoms. The zero-order valence-electron chi connectivity index (χ0n) is 10.9. The number of carbonyl (C=O) groups is 1. The van der Waals surface area contributed by atoms with Gasteiger partial charge in [-0.2, -0.15) is 0 Å². The standard InChI is InChI=1S/C14H14BrN3OS/c1-9-6-10(15)2-3-12(9)18-14(19)8-20-13-4-5-17-7-11(13)16/h2-7H,8,16H2,1H3,(H,18,19). The van der Waals surface area contributed by atoms with Crippen LogP contribution in [0.2, 0.25) is 0 Å². The molecule has 0 aliphatic carbocycles. The monoisotopic (exact) mass is 351 g/mol. The van der Waals surface area contributed by atoms with Crippen molar-refractivity contribution in [2.45, 2.75) is 11.8 Å². The number of nitrogens with one attached hydrogen (secondary N) is 1. The summed E-state index contributed by atoms with van der Waals surface area (Å²) in [6.07, 6.45) is 3.24. The zero-order valence-corrected chi connectivity index (χ0v) is 13.3. The van der Waals surface area contributed by atoms with Crippen molar-refractivity contribution in [3.63, 3.8) is 0 Å². The van der Waals surface area contributed by atoms with E-state index < -0.39 is 0 Å². The third kappa shape index (κ3) is 3.98. The minimum atomic E-state index is -0.0587. The molecule has 0 bridgehead atoms. The van der Waals surface area contributed by atoms with Crippen molar-refractivity contribution in [2.24, 2.45) is 0 Å². The van der Waals surface area contributed by atoms with Crippen LogP contribution in [0.25, 0.3) is 0 Å². The molecule has 2 aromatic rings. The minimum absolute atomic E-state index is 0.0587. The van der Waals surface area contributed by atoms with Crippen molar-refractivity contribution in [1.82, 2.24) is 4.98 Å². The average molecular weight is 352 g/mol. The van der Waals surface area contributed by atoms with Gasteiger partial charge in [0, 0.05) is 21.3 Å². The van der Waals surface area contributed by atoms with Gasteiger partial charge in [-0.1, -0.05) is 15.9 Å². The topological polar surface area (TPSA) is 68.0 Å². The number of nitrogen functional groups attached to an aromatic ring is 1. The van der Waals surface area contributed by atoms with Crippen LogP contribution in [0, 0.1) is 6.92 Å². The van der Waals surface area contributed by atoms with E-state index in [9.17, 15) is 4.79 Å². The van der Waals surface area contributed by atoms with Gasteiger partial charge >= 0.3 is 0 Å². The molecule has 1 aromatic heterocycles. The first kappa shape index (κ1) is 14.9. The third-order valence-corrected chi connectivity index (χ3v) is 4.21. The van der Waals surface area contributed by atoms with Gasteiger partial charge < -0.3 is 11.1 Å². The van der Waals surface area contributed by atoms with Gasteiger partial charge in [-0.25, -0.2) is 0 Å². The van der Waals surface area contributed by atoms with E-state index in [2.05, 4.69) is 26.2 Å². The SMILES string of the molecule is Cc1cc(Br)ccc1NC(=O)CSc1ccncc1N. The summed E-state index contributed by atoms with van der Waals surface area (Å²) in [5.74, 6) is 0.251. The van der Waals surface area contributed by atoms with Crippen molar-refractivity contribution in [2.75, 3.05) is 16.8 Å². The van der Waals surface area contributed by atoms with Gasteiger partial charge in [0.05, 0.1) is 17.6 Å². The van der Waals surface area contributed by atoms with E-state index in [1.54, 1.807) is 18.5 Å². The number of nitrogens with two attached hydrogens (primary N) is 1. The molecule has 0 fully saturated rings. The molecule has 1 heterocycles. The number of nitrogens with zero attached hydrogens (tertiary/aromatic N) is 1. The predicted octanol–water partition coefficient (Wildman–Crippen LogP) is 3.47. The Morgan fingerprint density at radius 1 is 1.45 bits per heavy atom. The fourth-order valence-electron chi connectivity index (χ4n) is 1.62. The van der Waals surface area contributed by atoms with Crippen molar-refractivity contribution in [3.05, 3.63) is 46.7 Å². The molecule has 0 aliphatic heterocycles. The first-order chi connectivity index (χ1) is 9.56. The lowest BCUT2D eigenvalue weighted by Gasteiger charge is -2.09. The molecule has 104 valence electrons. The summed E-state index contributed by atoms with van der Waals surface area (Å²) in [4.78, 5) is 16.7. The Balaban J connectivity index is 1.94. The van der Waals surface area contributed by atoms with Gasteiger partial charge in [0.2, 0.25) is 5.91 Å². The molecule has 1 amide bonds. The van der Waals surface area contributed by atoms with Crippen LogP contribution in [-0.2, 0) is 4.79 Å². The maximum Gasteiger partial charge on any atom is 0.234 e. The number of aryl methyl sites for hydroxylation is 1. The Morgan fingerprint density at radius 2 is 2.25 bits per heavy atom. The molecule has 2 rings (SSSR count). The van der Waals surface area contributed by atoms with E-state index in [0.29, 0.717) is 11.4 Å². The molecule has 0 radical (unpaired) electrons. The lowest BCUT2D eigenvalue weighted by atomic mass is 10.2. The maximum absolute atomic E-state index is 11.9. The van der Waals surface area contributed by atoms with Crippen LogP contribution in [0.5, 0.6) is 0 Å². The zero-order chi connectivity index (χ0) is 14.5. The maximum atomic E-state index is 11.9. The molecule has 0 atom stereocenters. The summed E-state index contributed by atoms with van der Waals surface area (Å²) in [6, 6.07) is 7.54. The predicted molar refractivity (Wildman–Crippen MR) is 86.9 cm³/mol. The molecule has 20 heavy (non-hydrogen) atoms. The summed E-state index contributed by atoms with van der Waals surface area (Å²) in [5, 5.41) is 2.89. The Hall–Kier alpha value is -1.53.